The van der Waals surface area contributed by atoms with Crippen LogP contribution in [0.5, 0.6) is 0 Å². The van der Waals surface area contributed by atoms with Crippen LogP contribution in [0.2, 0.25) is 0 Å². The summed E-state index contributed by atoms with van der Waals surface area (Å²) < 4.78 is 0. The Bertz CT molecular complexity index is 390. The Morgan fingerprint density at radius 1 is 1.21 bits per heavy atom. The molecule has 1 saturated carbocycles. The summed E-state index contributed by atoms with van der Waals surface area (Å²) in [5.41, 5.74) is 2.48. The Morgan fingerprint density at radius 2 is 2.00 bits per heavy atom. The first kappa shape index (κ1) is 8.68. The van der Waals surface area contributed by atoms with Gasteiger partial charge < -0.3 is 0 Å². The molecule has 1 aliphatic carbocycles. The van der Waals surface area contributed by atoms with Crippen LogP contribution in [-0.2, 0) is 0 Å². The molecule has 2 aliphatic rings. The van der Waals surface area contributed by atoms with Crippen LogP contribution in [-0.4, -0.2) is 12.3 Å². The number of hydrogen-bond donors (Lipinski definition) is 0. The fraction of sp³-hybridized carbons (Fsp3) is 0.385. The predicted octanol–water partition coefficient (Wildman–Crippen LogP) is 3.50. The molecule has 0 saturated heterocycles. The molecule has 1 radical (unpaired) electrons. The van der Waals surface area contributed by atoms with Gasteiger partial charge in [-0.1, -0.05) is 49.8 Å². The van der Waals surface area contributed by atoms with Gasteiger partial charge in [-0.3, -0.25) is 0 Å². The SMILES string of the molecule is C[P]1(C2CCC2)C=Cc2ccccc21. The lowest BCUT2D eigenvalue weighted by molar-refractivity contribution is 0.514. The summed E-state index contributed by atoms with van der Waals surface area (Å²) in [5, 5.41) is 1.66. The quantitative estimate of drug-likeness (QED) is 0.613. The molecule has 0 spiro atoms. The Labute approximate surface area is 86.4 Å². The van der Waals surface area contributed by atoms with E-state index in [9.17, 15) is 0 Å². The maximum Gasteiger partial charge on any atom is -0.0172 e. The first-order chi connectivity index (χ1) is 6.81. The van der Waals surface area contributed by atoms with Crippen LogP contribution in [0, 0.1) is 0 Å². The van der Waals surface area contributed by atoms with Crippen molar-refractivity contribution in [3.05, 3.63) is 35.6 Å². The molecule has 1 heterocycles. The second-order valence-corrected chi connectivity index (χ2v) is 8.41. The molecule has 73 valence electrons. The van der Waals surface area contributed by atoms with E-state index in [0.717, 1.165) is 5.66 Å². The molecule has 1 aromatic rings. The van der Waals surface area contributed by atoms with Gasteiger partial charge in [0.2, 0.25) is 0 Å². The van der Waals surface area contributed by atoms with Gasteiger partial charge in [-0.05, 0) is 36.0 Å². The van der Waals surface area contributed by atoms with Crippen LogP contribution < -0.4 is 5.30 Å². The predicted molar refractivity (Wildman–Crippen MR) is 65.6 cm³/mol. The van der Waals surface area contributed by atoms with Gasteiger partial charge in [-0.25, -0.2) is 0 Å². The van der Waals surface area contributed by atoms with E-state index < -0.39 is 7.26 Å². The molecule has 3 rings (SSSR count). The Morgan fingerprint density at radius 3 is 2.71 bits per heavy atom. The first-order valence-electron chi connectivity index (χ1n) is 5.45. The largest absolute Gasteiger partial charge is 0.0767 e. The molecule has 0 aromatic heterocycles. The highest BCUT2D eigenvalue weighted by Crippen LogP contribution is 2.68. The van der Waals surface area contributed by atoms with Crippen molar-refractivity contribution < 1.29 is 0 Å². The maximum absolute atomic E-state index is 2.53. The van der Waals surface area contributed by atoms with E-state index in [4.69, 9.17) is 0 Å². The van der Waals surface area contributed by atoms with Crippen LogP contribution in [0.3, 0.4) is 0 Å². The van der Waals surface area contributed by atoms with Crippen molar-refractivity contribution >= 4 is 18.6 Å². The fourth-order valence-electron chi connectivity index (χ4n) is 2.62. The lowest BCUT2D eigenvalue weighted by Crippen LogP contribution is -2.26. The highest BCUT2D eigenvalue weighted by atomic mass is 31.2. The molecule has 1 fully saturated rings. The molecule has 0 bridgehead atoms. The molecule has 0 nitrogen and oxygen atoms in total. The molecule has 1 aromatic carbocycles. The topological polar surface area (TPSA) is 0 Å². The van der Waals surface area contributed by atoms with E-state index in [1.165, 1.54) is 24.8 Å². The van der Waals surface area contributed by atoms with Crippen LogP contribution >= 0.6 is 7.26 Å². The van der Waals surface area contributed by atoms with Crippen LogP contribution in [0.4, 0.5) is 0 Å². The summed E-state index contributed by atoms with van der Waals surface area (Å²) in [7, 11) is -0.895. The van der Waals surface area contributed by atoms with Crippen LogP contribution in [0.15, 0.2) is 30.1 Å². The second-order valence-electron chi connectivity index (χ2n) is 4.61. The summed E-state index contributed by atoms with van der Waals surface area (Å²) in [6, 6.07) is 8.96. The van der Waals surface area contributed by atoms with Crippen LogP contribution in [0.25, 0.3) is 6.08 Å². The number of benzene rings is 1. The molecule has 0 amide bonds. The van der Waals surface area contributed by atoms with Gasteiger partial charge in [0.25, 0.3) is 0 Å². The molecule has 14 heavy (non-hydrogen) atoms. The zero-order valence-corrected chi connectivity index (χ0v) is 9.50. The standard InChI is InChI=1S/C13H16P/c1-14(12-6-4-7-12)10-9-11-5-2-3-8-13(11)14/h2-3,5,8-10,12H,4,6-7H2,1H3. The highest BCUT2D eigenvalue weighted by molar-refractivity contribution is 7.86. The van der Waals surface area contributed by atoms with Gasteiger partial charge in [-0.2, -0.15) is 0 Å². The number of fused-ring (bicyclic) bond motifs is 1. The Balaban J connectivity index is 2.07. The summed E-state index contributed by atoms with van der Waals surface area (Å²) in [5.74, 6) is 2.53. The van der Waals surface area contributed by atoms with Gasteiger partial charge in [0.05, 0.1) is 0 Å². The van der Waals surface area contributed by atoms with Crippen LogP contribution in [0.1, 0.15) is 24.8 Å². The maximum atomic E-state index is 2.53. The summed E-state index contributed by atoms with van der Waals surface area (Å²) in [6.45, 7) is 2.51. The van der Waals surface area contributed by atoms with Crippen molar-refractivity contribution in [3.63, 3.8) is 0 Å². The molecule has 1 heteroatoms. The zero-order valence-electron chi connectivity index (χ0n) is 8.61. The molecular formula is C13H16P. The van der Waals surface area contributed by atoms with Gasteiger partial charge in [0, 0.05) is 0 Å². The minimum absolute atomic E-state index is 0.895. The lowest BCUT2D eigenvalue weighted by atomic mass is 10.00. The van der Waals surface area contributed by atoms with Crippen molar-refractivity contribution in [3.8, 4) is 0 Å². The van der Waals surface area contributed by atoms with Gasteiger partial charge >= 0.3 is 0 Å². The highest BCUT2D eigenvalue weighted by Gasteiger charge is 2.38. The molecule has 1 atom stereocenters. The fourth-order valence-corrected chi connectivity index (χ4v) is 6.44. The third-order valence-corrected chi connectivity index (χ3v) is 8.10. The summed E-state index contributed by atoms with van der Waals surface area (Å²) >= 11 is 0. The molecule has 0 N–H and O–H groups in total. The molecular weight excluding hydrogens is 187 g/mol. The number of hydrogen-bond acceptors (Lipinski definition) is 0. The van der Waals surface area contributed by atoms with Gasteiger partial charge in [-0.15, -0.1) is 0 Å². The van der Waals surface area contributed by atoms with Crippen molar-refractivity contribution in [1.82, 2.24) is 0 Å². The minimum Gasteiger partial charge on any atom is -0.0767 e. The zero-order chi connectivity index (χ0) is 9.60. The van der Waals surface area contributed by atoms with Crippen molar-refractivity contribution in [2.45, 2.75) is 24.9 Å². The van der Waals surface area contributed by atoms with E-state index in [-0.39, 0.29) is 0 Å². The molecule has 1 aliphatic heterocycles. The average Bonchev–Trinajstić information content (AvgIpc) is 2.43. The molecule has 1 unspecified atom stereocenters. The van der Waals surface area contributed by atoms with Gasteiger partial charge in [0.15, 0.2) is 0 Å². The van der Waals surface area contributed by atoms with E-state index in [1.54, 1.807) is 5.30 Å². The first-order valence-corrected chi connectivity index (χ1v) is 7.83. The second kappa shape index (κ2) is 2.94. The summed E-state index contributed by atoms with van der Waals surface area (Å²) in [4.78, 5) is 0. The van der Waals surface area contributed by atoms with Crippen molar-refractivity contribution in [2.75, 3.05) is 6.66 Å². The number of rotatable bonds is 1. The van der Waals surface area contributed by atoms with E-state index in [1.807, 2.05) is 0 Å². The Kier molecular flexibility index (Phi) is 1.82. The third kappa shape index (κ3) is 1.04. The summed E-state index contributed by atoms with van der Waals surface area (Å²) in [6.07, 6.45) is 6.73. The van der Waals surface area contributed by atoms with Gasteiger partial charge in [0.1, 0.15) is 0 Å². The smallest absolute Gasteiger partial charge is 0.0172 e. The lowest BCUT2D eigenvalue weighted by Gasteiger charge is -2.42. The average molecular weight is 203 g/mol. The monoisotopic (exact) mass is 203 g/mol. The van der Waals surface area contributed by atoms with Crippen molar-refractivity contribution in [2.24, 2.45) is 0 Å². The Hall–Kier alpha value is -0.610. The van der Waals surface area contributed by atoms with Crippen molar-refractivity contribution in [1.29, 1.82) is 0 Å². The van der Waals surface area contributed by atoms with E-state index >= 15 is 0 Å². The van der Waals surface area contributed by atoms with E-state index in [2.05, 4.69) is 42.8 Å². The normalized spacial score (nSPS) is 30.1. The minimum atomic E-state index is -0.895. The third-order valence-electron chi connectivity index (χ3n) is 3.85. The van der Waals surface area contributed by atoms with E-state index in [0.29, 0.717) is 0 Å².